The molecule has 224 valence electrons. The van der Waals surface area contributed by atoms with Crippen LogP contribution in [0.3, 0.4) is 0 Å². The summed E-state index contributed by atoms with van der Waals surface area (Å²) in [4.78, 5) is 27.6. The quantitative estimate of drug-likeness (QED) is 0.175. The van der Waals surface area contributed by atoms with E-state index in [9.17, 15) is 30.0 Å². The van der Waals surface area contributed by atoms with Gasteiger partial charge in [0, 0.05) is 36.1 Å². The maximum atomic E-state index is 14.1. The lowest BCUT2D eigenvalue weighted by atomic mass is 9.77. The first-order valence-corrected chi connectivity index (χ1v) is 16.0. The summed E-state index contributed by atoms with van der Waals surface area (Å²) in [6, 6.07) is -1.62. The average Bonchev–Trinajstić information content (AvgIpc) is 3.08. The molecule has 39 heavy (non-hydrogen) atoms. The fraction of sp³-hybridized carbons (Fsp3) is 0.793. The number of nitrogens with zero attached hydrogens (tertiary/aromatic N) is 1. The van der Waals surface area contributed by atoms with Crippen LogP contribution in [0.2, 0.25) is 0 Å². The van der Waals surface area contributed by atoms with Crippen molar-refractivity contribution in [1.29, 1.82) is 0 Å². The van der Waals surface area contributed by atoms with Crippen molar-refractivity contribution in [2.45, 2.75) is 95.1 Å². The molecule has 0 radical (unpaired) electrons. The number of aliphatic hydroxyl groups is 3. The van der Waals surface area contributed by atoms with Crippen molar-refractivity contribution in [3.63, 3.8) is 0 Å². The molecular weight excluding hydrogens is 520 g/mol. The van der Waals surface area contributed by atoms with E-state index in [1.165, 1.54) is 4.90 Å². The summed E-state index contributed by atoms with van der Waals surface area (Å²) < 4.78 is 6.21. The molecule has 10 heteroatoms. The van der Waals surface area contributed by atoms with Crippen LogP contribution < -0.4 is 5.32 Å². The fourth-order valence-electron chi connectivity index (χ4n) is 6.99. The molecule has 10 atom stereocenters. The molecule has 2 amide bonds. The van der Waals surface area contributed by atoms with E-state index >= 15 is 0 Å². The summed E-state index contributed by atoms with van der Waals surface area (Å²) >= 11 is 0. The Balaban J connectivity index is 1.94. The third kappa shape index (κ3) is 7.19. The van der Waals surface area contributed by atoms with Gasteiger partial charge < -0.3 is 30.5 Å². The second kappa shape index (κ2) is 13.4. The molecule has 5 N–H and O–H groups in total. The number of carbonyl (C=O) groups excluding carboxylic acids is 1. The fourth-order valence-corrected chi connectivity index (χ4v) is 10.2. The number of carbonyl (C=O) groups is 2. The molecule has 0 aromatic heterocycles. The molecule has 3 saturated heterocycles. The van der Waals surface area contributed by atoms with Crippen LogP contribution >= 0.6 is 10.9 Å². The molecule has 9 nitrogen and oxygen atoms in total. The van der Waals surface area contributed by atoms with Crippen molar-refractivity contribution in [3.8, 4) is 0 Å². The first-order chi connectivity index (χ1) is 18.3. The molecule has 3 rings (SSSR count). The number of carboxylic acid groups (broad SMARTS) is 1. The average molecular weight is 571 g/mol. The number of aliphatic hydroxyl groups excluding tert-OH is 3. The van der Waals surface area contributed by atoms with Crippen LogP contribution in [-0.4, -0.2) is 104 Å². The molecule has 0 aromatic carbocycles. The smallest absolute Gasteiger partial charge is 0.408 e. The maximum Gasteiger partial charge on any atom is 0.408 e. The number of hydrogen-bond acceptors (Lipinski definition) is 6. The zero-order chi connectivity index (χ0) is 29.1. The lowest BCUT2D eigenvalue weighted by molar-refractivity contribution is -0.131. The number of thiol groups is 1. The molecule has 0 aromatic rings. The van der Waals surface area contributed by atoms with Gasteiger partial charge in [0.1, 0.15) is 12.1 Å². The van der Waals surface area contributed by atoms with Crippen LogP contribution in [0.1, 0.15) is 53.4 Å². The van der Waals surface area contributed by atoms with Gasteiger partial charge >= 0.3 is 6.09 Å². The van der Waals surface area contributed by atoms with Gasteiger partial charge in [-0.15, -0.1) is 13.2 Å². The van der Waals surface area contributed by atoms with Gasteiger partial charge in [-0.2, -0.15) is 0 Å². The molecule has 3 fully saturated rings. The number of rotatable bonds is 10. The van der Waals surface area contributed by atoms with Crippen LogP contribution in [0, 0.1) is 23.2 Å². The minimum Gasteiger partial charge on any atom is -0.465 e. The second-order valence-corrected chi connectivity index (χ2v) is 15.2. The second-order valence-electron chi connectivity index (χ2n) is 12.7. The normalized spacial score (nSPS) is 37.0. The molecule has 0 spiro atoms. The molecule has 3 heterocycles. The van der Waals surface area contributed by atoms with Gasteiger partial charge in [-0.25, -0.2) is 15.7 Å². The Hall–Kier alpha value is -1.59. The minimum absolute atomic E-state index is 0.0714. The zero-order valence-electron chi connectivity index (χ0n) is 23.9. The lowest BCUT2D eigenvalue weighted by Crippen LogP contribution is -2.64. The summed E-state index contributed by atoms with van der Waals surface area (Å²) in [6.07, 6.45) is 1.41. The topological polar surface area (TPSA) is 140 Å². The van der Waals surface area contributed by atoms with Crippen LogP contribution in [0.5, 0.6) is 0 Å². The zero-order valence-corrected chi connectivity index (χ0v) is 24.8. The van der Waals surface area contributed by atoms with E-state index in [0.29, 0.717) is 36.4 Å². The number of amides is 2. The van der Waals surface area contributed by atoms with Crippen LogP contribution in [-0.2, 0) is 9.53 Å². The maximum absolute atomic E-state index is 14.1. The number of nitrogens with one attached hydrogen (secondary N) is 1. The summed E-state index contributed by atoms with van der Waals surface area (Å²) in [7, 11) is -1.04. The third-order valence-corrected chi connectivity index (χ3v) is 11.8. The Bertz CT molecular complexity index is 884. The number of ether oxygens (including phenoxy) is 1. The van der Waals surface area contributed by atoms with Crippen molar-refractivity contribution in [2.24, 2.45) is 23.2 Å². The Morgan fingerprint density at radius 2 is 1.87 bits per heavy atom. The van der Waals surface area contributed by atoms with Gasteiger partial charge in [-0.3, -0.25) is 9.69 Å². The standard InChI is InChI=1S/C29H50N2O7S/c1-7-10-29(5,6)26(25-23(34)22(33)20(32)16-39(25)12-8-2)30-27(35)21-24-19(15-31(21)28(36)37)14-18(9-11-38-24)13-17(3)4/h7-8,17-26,32-34,39H,1-2,9-16H2,3-6H3,(H,30,35)(H,36,37)/t18-,19-,20-,21-,22-,23+,24+,25-,26-/m0/s1. The van der Waals surface area contributed by atoms with Crippen LogP contribution in [0.25, 0.3) is 0 Å². The summed E-state index contributed by atoms with van der Waals surface area (Å²) in [5, 5.41) is 44.9. The highest BCUT2D eigenvalue weighted by Gasteiger charge is 2.53. The van der Waals surface area contributed by atoms with E-state index < -0.39 is 70.1 Å². The summed E-state index contributed by atoms with van der Waals surface area (Å²) in [6.45, 7) is 16.7. The highest BCUT2D eigenvalue weighted by atomic mass is 32.2. The van der Waals surface area contributed by atoms with E-state index in [1.807, 2.05) is 13.8 Å². The van der Waals surface area contributed by atoms with Crippen LogP contribution in [0.4, 0.5) is 4.79 Å². The third-order valence-electron chi connectivity index (χ3n) is 8.79. The van der Waals surface area contributed by atoms with Crippen LogP contribution in [0.15, 0.2) is 25.3 Å². The predicted octanol–water partition coefficient (Wildman–Crippen LogP) is 2.55. The van der Waals surface area contributed by atoms with Gasteiger partial charge in [-0.1, -0.05) is 39.8 Å². The van der Waals surface area contributed by atoms with Gasteiger partial charge in [0.2, 0.25) is 5.91 Å². The molecule has 0 saturated carbocycles. The number of fused-ring (bicyclic) bond motifs is 1. The largest absolute Gasteiger partial charge is 0.465 e. The molecule has 3 aliphatic rings. The number of hydrogen-bond donors (Lipinski definition) is 6. The van der Waals surface area contributed by atoms with Crippen molar-refractivity contribution in [2.75, 3.05) is 24.7 Å². The van der Waals surface area contributed by atoms with Crippen molar-refractivity contribution in [1.82, 2.24) is 10.2 Å². The first-order valence-electron chi connectivity index (χ1n) is 14.2. The lowest BCUT2D eigenvalue weighted by Gasteiger charge is -2.51. The Morgan fingerprint density at radius 1 is 1.18 bits per heavy atom. The molecule has 0 bridgehead atoms. The van der Waals surface area contributed by atoms with Gasteiger partial charge in [0.15, 0.2) is 0 Å². The highest BCUT2D eigenvalue weighted by molar-refractivity contribution is 8.17. The SMILES string of the molecule is C=CC[SH]1C[C@H](O)[C@H](O)[C@@H](O)[C@H]1[C@H](NC(=O)[C@@H]1[C@@H]2OCC[C@@H](CC(C)C)C[C@H]2CN1C(=O)O)C(C)(C)CC=C. The Morgan fingerprint density at radius 3 is 2.46 bits per heavy atom. The molecule has 1 unspecified atom stereocenters. The van der Waals surface area contributed by atoms with Gasteiger partial charge in [0.25, 0.3) is 0 Å². The van der Waals surface area contributed by atoms with Gasteiger partial charge in [-0.05, 0) is 48.7 Å². The van der Waals surface area contributed by atoms with Crippen molar-refractivity contribution >= 4 is 22.9 Å². The molecule has 0 aliphatic carbocycles. The van der Waals surface area contributed by atoms with Crippen molar-refractivity contribution < 1.29 is 34.8 Å². The monoisotopic (exact) mass is 570 g/mol. The highest BCUT2D eigenvalue weighted by Crippen LogP contribution is 2.47. The first kappa shape index (κ1) is 31.9. The summed E-state index contributed by atoms with van der Waals surface area (Å²) in [5.41, 5.74) is -0.578. The molecule has 3 aliphatic heterocycles. The predicted molar refractivity (Wildman–Crippen MR) is 155 cm³/mol. The Labute approximate surface area is 236 Å². The van der Waals surface area contributed by atoms with E-state index in [0.717, 1.165) is 19.3 Å². The van der Waals surface area contributed by atoms with Gasteiger partial charge in [0.05, 0.1) is 18.3 Å². The molecular formula is C29H50N2O7S. The van der Waals surface area contributed by atoms with Crippen molar-refractivity contribution in [3.05, 3.63) is 25.3 Å². The Kier molecular flexibility index (Phi) is 11.0. The number of allylic oxidation sites excluding steroid dienone is 1. The van der Waals surface area contributed by atoms with E-state index in [4.69, 9.17) is 4.74 Å². The summed E-state index contributed by atoms with van der Waals surface area (Å²) in [5.74, 6) is 1.29. The minimum atomic E-state index is -1.34. The van der Waals surface area contributed by atoms with E-state index in [-0.39, 0.29) is 12.5 Å². The van der Waals surface area contributed by atoms with E-state index in [2.05, 4.69) is 32.3 Å². The number of likely N-dealkylation sites (tertiary alicyclic amines) is 1. The van der Waals surface area contributed by atoms with E-state index in [1.54, 1.807) is 12.2 Å².